The van der Waals surface area contributed by atoms with Crippen molar-refractivity contribution >= 4 is 0 Å². The van der Waals surface area contributed by atoms with Crippen LogP contribution in [-0.2, 0) is 14.1 Å². The molecular weight excluding hydrogens is 178 g/mol. The molecule has 1 atom stereocenters. The normalized spacial score (nSPS) is 13.1. The third-order valence-electron chi connectivity index (χ3n) is 2.35. The predicted molar refractivity (Wildman–Crippen MR) is 52.4 cm³/mol. The summed E-state index contributed by atoms with van der Waals surface area (Å²) in [6, 6.07) is 1.74. The third kappa shape index (κ3) is 1.31. The van der Waals surface area contributed by atoms with Gasteiger partial charge in [-0.3, -0.25) is 4.68 Å². The highest BCUT2D eigenvalue weighted by molar-refractivity contribution is 5.19. The van der Waals surface area contributed by atoms with E-state index in [0.29, 0.717) is 0 Å². The van der Waals surface area contributed by atoms with Gasteiger partial charge >= 0.3 is 0 Å². The van der Waals surface area contributed by atoms with Gasteiger partial charge in [0.25, 0.3) is 0 Å². The fourth-order valence-corrected chi connectivity index (χ4v) is 1.51. The van der Waals surface area contributed by atoms with Crippen molar-refractivity contribution in [2.24, 2.45) is 19.8 Å². The molecule has 2 heterocycles. The maximum Gasteiger partial charge on any atom is 0.0946 e. The van der Waals surface area contributed by atoms with Gasteiger partial charge in [-0.05, 0) is 6.07 Å². The molecule has 0 amide bonds. The van der Waals surface area contributed by atoms with E-state index in [1.54, 1.807) is 23.4 Å². The molecule has 0 aliphatic carbocycles. The van der Waals surface area contributed by atoms with Crippen molar-refractivity contribution < 1.29 is 0 Å². The Morgan fingerprint density at radius 3 is 2.64 bits per heavy atom. The second-order valence-electron chi connectivity index (χ2n) is 3.29. The van der Waals surface area contributed by atoms with Crippen LogP contribution in [-0.4, -0.2) is 19.3 Å². The topological polar surface area (TPSA) is 61.7 Å². The lowest BCUT2D eigenvalue weighted by atomic mass is 10.1. The molecule has 0 saturated carbocycles. The minimum Gasteiger partial charge on any atom is -0.336 e. The van der Waals surface area contributed by atoms with Crippen molar-refractivity contribution in [2.45, 2.75) is 6.04 Å². The summed E-state index contributed by atoms with van der Waals surface area (Å²) in [5.74, 6) is 0. The van der Waals surface area contributed by atoms with Gasteiger partial charge in [-0.2, -0.15) is 5.10 Å². The molecular formula is C9H13N5. The molecule has 0 saturated heterocycles. The van der Waals surface area contributed by atoms with Crippen LogP contribution in [0.2, 0.25) is 0 Å². The van der Waals surface area contributed by atoms with Gasteiger partial charge in [-0.25, -0.2) is 4.98 Å². The first kappa shape index (κ1) is 8.96. The number of aromatic nitrogens is 4. The molecule has 2 aromatic rings. The molecule has 2 aromatic heterocycles. The number of nitrogens with two attached hydrogens (primary N) is 1. The summed E-state index contributed by atoms with van der Waals surface area (Å²) in [5, 5.41) is 4.08. The average Bonchev–Trinajstić information content (AvgIpc) is 2.73. The number of hydrogen-bond donors (Lipinski definition) is 1. The molecule has 14 heavy (non-hydrogen) atoms. The molecule has 5 heteroatoms. The zero-order valence-corrected chi connectivity index (χ0v) is 8.25. The number of rotatable bonds is 2. The molecule has 0 aliphatic heterocycles. The Bertz CT molecular complexity index is 388. The molecule has 2 rings (SSSR count). The quantitative estimate of drug-likeness (QED) is 0.737. The highest BCUT2D eigenvalue weighted by Crippen LogP contribution is 2.16. The summed E-state index contributed by atoms with van der Waals surface area (Å²) >= 11 is 0. The summed E-state index contributed by atoms with van der Waals surface area (Å²) in [4.78, 5) is 4.04. The van der Waals surface area contributed by atoms with Crippen LogP contribution in [0.25, 0.3) is 0 Å². The van der Waals surface area contributed by atoms with E-state index in [4.69, 9.17) is 5.73 Å². The smallest absolute Gasteiger partial charge is 0.0946 e. The summed E-state index contributed by atoms with van der Waals surface area (Å²) in [6.45, 7) is 0. The first-order valence-electron chi connectivity index (χ1n) is 4.40. The summed E-state index contributed by atoms with van der Waals surface area (Å²) in [5.41, 5.74) is 8.05. The lowest BCUT2D eigenvalue weighted by molar-refractivity contribution is 0.646. The Labute approximate surface area is 82.2 Å². The average molecular weight is 191 g/mol. The molecule has 2 N–H and O–H groups in total. The number of hydrogen-bond acceptors (Lipinski definition) is 3. The monoisotopic (exact) mass is 191 g/mol. The minimum absolute atomic E-state index is 0.171. The number of imidazole rings is 1. The van der Waals surface area contributed by atoms with Gasteiger partial charge in [0.2, 0.25) is 0 Å². The van der Waals surface area contributed by atoms with Crippen LogP contribution in [0.15, 0.2) is 24.8 Å². The zero-order valence-electron chi connectivity index (χ0n) is 8.25. The Balaban J connectivity index is 2.38. The standard InChI is InChI=1S/C9H13N5/c1-13-6-11-5-8(13)9(10)7-3-4-12-14(7)2/h3-6,9H,10H2,1-2H3. The first-order valence-corrected chi connectivity index (χ1v) is 4.40. The minimum atomic E-state index is -0.171. The van der Waals surface area contributed by atoms with Crippen LogP contribution in [0.5, 0.6) is 0 Å². The SMILES string of the molecule is Cn1cncc1C(N)c1ccnn1C. The zero-order chi connectivity index (χ0) is 10.1. The van der Waals surface area contributed by atoms with E-state index in [0.717, 1.165) is 11.4 Å². The van der Waals surface area contributed by atoms with Gasteiger partial charge in [-0.1, -0.05) is 0 Å². The van der Waals surface area contributed by atoms with Crippen LogP contribution in [0.1, 0.15) is 17.4 Å². The second kappa shape index (κ2) is 3.26. The van der Waals surface area contributed by atoms with Gasteiger partial charge in [0.05, 0.1) is 30.0 Å². The van der Waals surface area contributed by atoms with E-state index >= 15 is 0 Å². The lowest BCUT2D eigenvalue weighted by Crippen LogP contribution is -2.18. The van der Waals surface area contributed by atoms with Crippen LogP contribution < -0.4 is 5.73 Å². The van der Waals surface area contributed by atoms with Gasteiger partial charge in [0.1, 0.15) is 0 Å². The number of nitrogens with zero attached hydrogens (tertiary/aromatic N) is 4. The maximum atomic E-state index is 6.09. The van der Waals surface area contributed by atoms with E-state index in [-0.39, 0.29) is 6.04 Å². The van der Waals surface area contributed by atoms with Crippen LogP contribution in [0, 0.1) is 0 Å². The Morgan fingerprint density at radius 2 is 2.14 bits per heavy atom. The molecule has 0 aromatic carbocycles. The summed E-state index contributed by atoms with van der Waals surface area (Å²) in [7, 11) is 3.81. The largest absolute Gasteiger partial charge is 0.336 e. The van der Waals surface area contributed by atoms with Crippen molar-refractivity contribution in [3.8, 4) is 0 Å². The molecule has 0 aliphatic rings. The molecule has 0 bridgehead atoms. The maximum absolute atomic E-state index is 6.09. The fourth-order valence-electron chi connectivity index (χ4n) is 1.51. The van der Waals surface area contributed by atoms with Crippen molar-refractivity contribution in [3.05, 3.63) is 36.2 Å². The first-order chi connectivity index (χ1) is 6.70. The highest BCUT2D eigenvalue weighted by atomic mass is 15.3. The molecule has 0 fully saturated rings. The molecule has 1 unspecified atom stereocenters. The van der Waals surface area contributed by atoms with E-state index in [9.17, 15) is 0 Å². The lowest BCUT2D eigenvalue weighted by Gasteiger charge is -2.12. The van der Waals surface area contributed by atoms with Crippen molar-refractivity contribution in [2.75, 3.05) is 0 Å². The van der Waals surface area contributed by atoms with Crippen molar-refractivity contribution in [3.63, 3.8) is 0 Å². The van der Waals surface area contributed by atoms with Crippen LogP contribution in [0.3, 0.4) is 0 Å². The third-order valence-corrected chi connectivity index (χ3v) is 2.35. The van der Waals surface area contributed by atoms with Crippen LogP contribution in [0.4, 0.5) is 0 Å². The molecule has 0 spiro atoms. The van der Waals surface area contributed by atoms with E-state index in [1.165, 1.54) is 0 Å². The predicted octanol–water partition coefficient (Wildman–Crippen LogP) is 0.202. The summed E-state index contributed by atoms with van der Waals surface area (Å²) in [6.07, 6.45) is 5.26. The van der Waals surface area contributed by atoms with Gasteiger partial charge in [-0.15, -0.1) is 0 Å². The highest BCUT2D eigenvalue weighted by Gasteiger charge is 2.14. The van der Waals surface area contributed by atoms with E-state index < -0.39 is 0 Å². The molecule has 5 nitrogen and oxygen atoms in total. The van der Waals surface area contributed by atoms with Crippen LogP contribution >= 0.6 is 0 Å². The fraction of sp³-hybridized carbons (Fsp3) is 0.333. The van der Waals surface area contributed by atoms with E-state index in [2.05, 4.69) is 10.1 Å². The second-order valence-corrected chi connectivity index (χ2v) is 3.29. The summed E-state index contributed by atoms with van der Waals surface area (Å²) < 4.78 is 3.69. The van der Waals surface area contributed by atoms with Gasteiger partial charge in [0.15, 0.2) is 0 Å². The van der Waals surface area contributed by atoms with Crippen molar-refractivity contribution in [1.29, 1.82) is 0 Å². The number of aryl methyl sites for hydroxylation is 2. The van der Waals surface area contributed by atoms with Gasteiger partial charge < -0.3 is 10.3 Å². The van der Waals surface area contributed by atoms with Crippen molar-refractivity contribution in [1.82, 2.24) is 19.3 Å². The molecule has 74 valence electrons. The Hall–Kier alpha value is -1.62. The molecule has 0 radical (unpaired) electrons. The van der Waals surface area contributed by atoms with Gasteiger partial charge in [0, 0.05) is 20.3 Å². The van der Waals surface area contributed by atoms with E-state index in [1.807, 2.05) is 24.7 Å². The Kier molecular flexibility index (Phi) is 2.09. The Morgan fingerprint density at radius 1 is 1.36 bits per heavy atom.